The third kappa shape index (κ3) is 5.30. The van der Waals surface area contributed by atoms with Crippen molar-refractivity contribution < 1.29 is 18.0 Å². The van der Waals surface area contributed by atoms with E-state index in [2.05, 4.69) is 0 Å². The van der Waals surface area contributed by atoms with Crippen LogP contribution < -0.4 is 13.3 Å². The summed E-state index contributed by atoms with van der Waals surface area (Å²) in [6.07, 6.45) is 5.49. The third-order valence-electron chi connectivity index (χ3n) is 6.02. The Bertz CT molecular complexity index is 849. The highest BCUT2D eigenvalue weighted by molar-refractivity contribution is 6.63. The fraction of sp³-hybridized carbons (Fsp3) is 0.308. The Labute approximate surface area is 185 Å². The summed E-state index contributed by atoms with van der Waals surface area (Å²) >= 11 is 0. The molecule has 1 saturated heterocycles. The van der Waals surface area contributed by atoms with E-state index < -0.39 is 8.80 Å². The molecular formula is C26H28O4Si. The zero-order valence-electron chi connectivity index (χ0n) is 17.6. The number of epoxide rings is 1. The van der Waals surface area contributed by atoms with Crippen LogP contribution in [0.1, 0.15) is 25.7 Å². The second-order valence-electron chi connectivity index (χ2n) is 8.36. The molecule has 1 saturated carbocycles. The van der Waals surface area contributed by atoms with Crippen LogP contribution in [0.4, 0.5) is 0 Å². The van der Waals surface area contributed by atoms with Crippen molar-refractivity contribution >= 4 is 8.80 Å². The summed E-state index contributed by atoms with van der Waals surface area (Å²) in [6, 6.07) is 30.4. The van der Waals surface area contributed by atoms with E-state index in [0.717, 1.165) is 36.1 Å². The predicted molar refractivity (Wildman–Crippen MR) is 122 cm³/mol. The molecule has 0 bridgehead atoms. The van der Waals surface area contributed by atoms with E-state index in [9.17, 15) is 0 Å². The lowest BCUT2D eigenvalue weighted by Gasteiger charge is -2.32. The largest absolute Gasteiger partial charge is 0.699 e. The van der Waals surface area contributed by atoms with Crippen molar-refractivity contribution in [2.75, 3.05) is 0 Å². The van der Waals surface area contributed by atoms with Crippen molar-refractivity contribution in [2.24, 2.45) is 5.92 Å². The molecule has 0 amide bonds. The normalized spacial score (nSPS) is 22.3. The van der Waals surface area contributed by atoms with E-state index in [0.29, 0.717) is 18.1 Å². The minimum atomic E-state index is -3.15. The molecule has 3 atom stereocenters. The van der Waals surface area contributed by atoms with Crippen LogP contribution in [-0.2, 0) is 4.74 Å². The van der Waals surface area contributed by atoms with Crippen molar-refractivity contribution in [2.45, 2.75) is 43.9 Å². The summed E-state index contributed by atoms with van der Waals surface area (Å²) in [5.41, 5.74) is 0. The van der Waals surface area contributed by atoms with E-state index in [4.69, 9.17) is 18.0 Å². The highest BCUT2D eigenvalue weighted by Gasteiger charge is 2.51. The first-order valence-corrected chi connectivity index (χ1v) is 13.1. The molecule has 5 heteroatoms. The standard InChI is InChI=1S/C26H28O4Si/c1-4-10-22(11-5-1)28-31(29-23-12-6-2-7-13-23,30-24-14-8-3-9-15-24)19-18-21-16-17-25-26(20-21)27-25/h1-15,21,25-26H,16-20H2/t21-,25?,26?/m0/s1. The Kier molecular flexibility index (Phi) is 5.96. The molecule has 31 heavy (non-hydrogen) atoms. The summed E-state index contributed by atoms with van der Waals surface area (Å²) in [6.45, 7) is 0. The number of rotatable bonds is 9. The molecule has 4 nitrogen and oxygen atoms in total. The van der Waals surface area contributed by atoms with Crippen molar-refractivity contribution in [3.63, 3.8) is 0 Å². The fourth-order valence-electron chi connectivity index (χ4n) is 4.35. The highest BCUT2D eigenvalue weighted by atomic mass is 28.4. The molecule has 3 aromatic carbocycles. The average Bonchev–Trinajstić information content (AvgIpc) is 3.59. The molecule has 1 aliphatic heterocycles. The number of benzene rings is 3. The van der Waals surface area contributed by atoms with E-state index >= 15 is 0 Å². The van der Waals surface area contributed by atoms with Gasteiger partial charge in [-0.3, -0.25) is 0 Å². The van der Waals surface area contributed by atoms with Crippen molar-refractivity contribution in [3.05, 3.63) is 91.0 Å². The quantitative estimate of drug-likeness (QED) is 0.302. The zero-order valence-corrected chi connectivity index (χ0v) is 18.6. The van der Waals surface area contributed by atoms with Gasteiger partial charge in [-0.2, -0.15) is 0 Å². The molecule has 1 aliphatic carbocycles. The Morgan fingerprint density at radius 1 is 0.645 bits per heavy atom. The molecule has 1 heterocycles. The van der Waals surface area contributed by atoms with Gasteiger partial charge in [-0.05, 0) is 68.0 Å². The Morgan fingerprint density at radius 2 is 1.13 bits per heavy atom. The summed E-state index contributed by atoms with van der Waals surface area (Å²) in [4.78, 5) is 0. The number of hydrogen-bond donors (Lipinski definition) is 0. The molecule has 2 aliphatic rings. The van der Waals surface area contributed by atoms with Crippen LogP contribution in [0, 0.1) is 5.92 Å². The molecule has 3 aromatic rings. The topological polar surface area (TPSA) is 40.2 Å². The van der Waals surface area contributed by atoms with Crippen molar-refractivity contribution in [3.8, 4) is 17.2 Å². The number of para-hydroxylation sites is 3. The molecule has 160 valence electrons. The number of fused-ring (bicyclic) bond motifs is 1. The van der Waals surface area contributed by atoms with Gasteiger partial charge in [0.25, 0.3) is 0 Å². The SMILES string of the molecule is c1ccc(O[Si](CC[C@@H]2CCC3OC3C2)(Oc2ccccc2)Oc2ccccc2)cc1. The van der Waals surface area contributed by atoms with Crippen LogP contribution in [0.3, 0.4) is 0 Å². The van der Waals surface area contributed by atoms with Gasteiger partial charge in [0.2, 0.25) is 0 Å². The summed E-state index contributed by atoms with van der Waals surface area (Å²) < 4.78 is 25.5. The van der Waals surface area contributed by atoms with E-state index in [1.165, 1.54) is 12.8 Å². The lowest BCUT2D eigenvalue weighted by atomic mass is 9.88. The molecular weight excluding hydrogens is 404 g/mol. The fourth-order valence-corrected chi connectivity index (χ4v) is 7.03. The Balaban J connectivity index is 1.43. The molecule has 0 spiro atoms. The summed E-state index contributed by atoms with van der Waals surface area (Å²) in [7, 11) is -3.15. The molecule has 2 fully saturated rings. The average molecular weight is 433 g/mol. The Morgan fingerprint density at radius 3 is 1.58 bits per heavy atom. The molecule has 2 unspecified atom stereocenters. The van der Waals surface area contributed by atoms with Crippen LogP contribution in [0.25, 0.3) is 0 Å². The smallest absolute Gasteiger partial charge is 0.483 e. The maximum atomic E-state index is 6.60. The maximum absolute atomic E-state index is 6.60. The monoisotopic (exact) mass is 432 g/mol. The Hall–Kier alpha value is -2.76. The lowest BCUT2D eigenvalue weighted by Crippen LogP contribution is -2.55. The lowest BCUT2D eigenvalue weighted by molar-refractivity contribution is 0.250. The van der Waals surface area contributed by atoms with Gasteiger partial charge in [0.15, 0.2) is 0 Å². The van der Waals surface area contributed by atoms with Gasteiger partial charge in [0.1, 0.15) is 17.2 Å². The van der Waals surface area contributed by atoms with Gasteiger partial charge >= 0.3 is 8.80 Å². The zero-order chi connectivity index (χ0) is 20.9. The minimum absolute atomic E-state index is 0.468. The number of ether oxygens (including phenoxy) is 1. The molecule has 0 radical (unpaired) electrons. The van der Waals surface area contributed by atoms with Crippen molar-refractivity contribution in [1.29, 1.82) is 0 Å². The van der Waals surface area contributed by atoms with Gasteiger partial charge in [0.05, 0.1) is 18.3 Å². The van der Waals surface area contributed by atoms with Gasteiger partial charge in [0, 0.05) is 0 Å². The van der Waals surface area contributed by atoms with Crippen LogP contribution in [-0.4, -0.2) is 21.0 Å². The summed E-state index contributed by atoms with van der Waals surface area (Å²) in [5, 5.41) is 0. The highest BCUT2D eigenvalue weighted by Crippen LogP contribution is 2.42. The molecule has 0 aromatic heterocycles. The molecule has 5 rings (SSSR count). The van der Waals surface area contributed by atoms with E-state index in [-0.39, 0.29) is 0 Å². The first-order valence-electron chi connectivity index (χ1n) is 11.2. The molecule has 0 N–H and O–H groups in total. The number of hydrogen-bond acceptors (Lipinski definition) is 4. The summed E-state index contributed by atoms with van der Waals surface area (Å²) in [5.74, 6) is 2.94. The van der Waals surface area contributed by atoms with Crippen molar-refractivity contribution in [1.82, 2.24) is 0 Å². The maximum Gasteiger partial charge on any atom is 0.699 e. The minimum Gasteiger partial charge on any atom is -0.483 e. The van der Waals surface area contributed by atoms with Gasteiger partial charge in [-0.1, -0.05) is 54.6 Å². The second kappa shape index (κ2) is 9.16. The third-order valence-corrected chi connectivity index (χ3v) is 8.56. The van der Waals surface area contributed by atoms with Crippen LogP contribution in [0.2, 0.25) is 6.04 Å². The van der Waals surface area contributed by atoms with E-state index in [1.807, 2.05) is 91.0 Å². The predicted octanol–water partition coefficient (Wildman–Crippen LogP) is 6.12. The second-order valence-corrected chi connectivity index (χ2v) is 10.8. The van der Waals surface area contributed by atoms with Gasteiger partial charge in [-0.25, -0.2) is 0 Å². The van der Waals surface area contributed by atoms with Gasteiger partial charge in [-0.15, -0.1) is 0 Å². The van der Waals surface area contributed by atoms with E-state index in [1.54, 1.807) is 0 Å². The van der Waals surface area contributed by atoms with Gasteiger partial charge < -0.3 is 18.0 Å². The first-order chi connectivity index (χ1) is 15.3. The van der Waals surface area contributed by atoms with Crippen LogP contribution in [0.15, 0.2) is 91.0 Å². The van der Waals surface area contributed by atoms with Crippen LogP contribution in [0.5, 0.6) is 17.2 Å². The van der Waals surface area contributed by atoms with Crippen LogP contribution >= 0.6 is 0 Å². The first kappa shape index (κ1) is 20.2.